The summed E-state index contributed by atoms with van der Waals surface area (Å²) in [5, 5.41) is 14.3. The zero-order valence-electron chi connectivity index (χ0n) is 13.2. The zero-order chi connectivity index (χ0) is 16.8. The average Bonchev–Trinajstić information content (AvgIpc) is 2.59. The molecule has 0 aromatic heterocycles. The lowest BCUT2D eigenvalue weighted by Crippen LogP contribution is -2.19. The average molecular weight is 314 g/mol. The minimum atomic E-state index is -0.329. The molecule has 0 saturated heterocycles. The van der Waals surface area contributed by atoms with E-state index in [9.17, 15) is 9.90 Å². The van der Waals surface area contributed by atoms with Crippen LogP contribution in [0.15, 0.2) is 47.6 Å². The molecule has 0 heterocycles. The van der Waals surface area contributed by atoms with E-state index in [1.165, 1.54) is 14.2 Å². The van der Waals surface area contributed by atoms with Gasteiger partial charge < -0.3 is 14.6 Å². The molecule has 0 aliphatic heterocycles. The monoisotopic (exact) mass is 314 g/mol. The lowest BCUT2D eigenvalue weighted by atomic mass is 10.1. The van der Waals surface area contributed by atoms with Crippen LogP contribution in [0.3, 0.4) is 0 Å². The molecule has 6 nitrogen and oxygen atoms in total. The summed E-state index contributed by atoms with van der Waals surface area (Å²) in [6.45, 7) is 1.67. The Balaban J connectivity index is 2.23. The second-order valence-corrected chi connectivity index (χ2v) is 4.70. The van der Waals surface area contributed by atoms with Crippen LogP contribution >= 0.6 is 0 Å². The number of phenols is 1. The summed E-state index contributed by atoms with van der Waals surface area (Å²) in [4.78, 5) is 12.0. The number of carbonyl (C=O) groups is 1. The summed E-state index contributed by atoms with van der Waals surface area (Å²) in [7, 11) is 2.92. The molecule has 0 unspecified atom stereocenters. The smallest absolute Gasteiger partial charge is 0.271 e. The number of amides is 1. The molecule has 0 aliphatic carbocycles. The molecule has 2 aromatic rings. The predicted octanol–water partition coefficient (Wildman–Crippen LogP) is 2.56. The van der Waals surface area contributed by atoms with Crippen molar-refractivity contribution in [3.8, 4) is 17.2 Å². The predicted molar refractivity (Wildman–Crippen MR) is 87.3 cm³/mol. The first-order chi connectivity index (χ1) is 11.1. The number of ether oxygens (including phenoxy) is 2. The number of rotatable bonds is 5. The third kappa shape index (κ3) is 3.60. The van der Waals surface area contributed by atoms with Crippen LogP contribution in [-0.2, 0) is 0 Å². The molecule has 0 fully saturated rings. The van der Waals surface area contributed by atoms with E-state index in [2.05, 4.69) is 10.5 Å². The van der Waals surface area contributed by atoms with E-state index in [0.29, 0.717) is 22.6 Å². The van der Waals surface area contributed by atoms with Gasteiger partial charge in [-0.25, -0.2) is 5.43 Å². The number of hydrogen-bond donors (Lipinski definition) is 2. The van der Waals surface area contributed by atoms with E-state index in [4.69, 9.17) is 9.47 Å². The molecule has 6 heteroatoms. The van der Waals surface area contributed by atoms with Gasteiger partial charge in [-0.15, -0.1) is 0 Å². The molecule has 0 atom stereocenters. The van der Waals surface area contributed by atoms with Gasteiger partial charge in [0.05, 0.1) is 19.9 Å². The number of hydrazone groups is 1. The standard InChI is InChI=1S/C17H18N2O4/c1-11(18-19-17(21)12-7-5-4-6-8-12)13-9-10-14(22-2)16(23-3)15(13)20/h4-10,20H,1-3H3,(H,19,21)/b18-11+. The molecule has 1 amide bonds. The summed E-state index contributed by atoms with van der Waals surface area (Å²) < 4.78 is 10.2. The first-order valence-electron chi connectivity index (χ1n) is 6.92. The highest BCUT2D eigenvalue weighted by molar-refractivity contribution is 6.03. The van der Waals surface area contributed by atoms with Crippen molar-refractivity contribution >= 4 is 11.6 Å². The second kappa shape index (κ2) is 7.31. The van der Waals surface area contributed by atoms with E-state index >= 15 is 0 Å². The van der Waals surface area contributed by atoms with Gasteiger partial charge in [0.15, 0.2) is 11.5 Å². The van der Waals surface area contributed by atoms with Crippen LogP contribution in [0.1, 0.15) is 22.8 Å². The van der Waals surface area contributed by atoms with E-state index in [1.807, 2.05) is 6.07 Å². The van der Waals surface area contributed by atoms with Crippen LogP contribution in [0.2, 0.25) is 0 Å². The number of aromatic hydroxyl groups is 1. The Labute approximate surface area is 134 Å². The minimum Gasteiger partial charge on any atom is -0.504 e. The number of nitrogens with zero attached hydrogens (tertiary/aromatic N) is 1. The number of carbonyl (C=O) groups excluding carboxylic acids is 1. The van der Waals surface area contributed by atoms with Crippen LogP contribution in [0, 0.1) is 0 Å². The topological polar surface area (TPSA) is 80.2 Å². The van der Waals surface area contributed by atoms with Gasteiger partial charge in [0.25, 0.3) is 5.91 Å². The molecular formula is C17H18N2O4. The van der Waals surface area contributed by atoms with E-state index in [-0.39, 0.29) is 17.4 Å². The second-order valence-electron chi connectivity index (χ2n) is 4.70. The molecule has 0 bridgehead atoms. The van der Waals surface area contributed by atoms with Gasteiger partial charge in [-0.2, -0.15) is 5.10 Å². The molecular weight excluding hydrogens is 296 g/mol. The molecule has 23 heavy (non-hydrogen) atoms. The number of methoxy groups -OCH3 is 2. The molecule has 2 N–H and O–H groups in total. The van der Waals surface area contributed by atoms with E-state index in [1.54, 1.807) is 43.3 Å². The Morgan fingerprint density at radius 3 is 2.39 bits per heavy atom. The third-order valence-corrected chi connectivity index (χ3v) is 3.27. The molecule has 2 rings (SSSR count). The van der Waals surface area contributed by atoms with Crippen LogP contribution < -0.4 is 14.9 Å². The van der Waals surface area contributed by atoms with Crippen LogP contribution in [-0.4, -0.2) is 30.9 Å². The first-order valence-corrected chi connectivity index (χ1v) is 6.92. The van der Waals surface area contributed by atoms with Crippen molar-refractivity contribution in [3.63, 3.8) is 0 Å². The van der Waals surface area contributed by atoms with Crippen LogP contribution in [0.5, 0.6) is 17.2 Å². The molecule has 120 valence electrons. The summed E-state index contributed by atoms with van der Waals surface area (Å²) in [6, 6.07) is 12.0. The maximum Gasteiger partial charge on any atom is 0.271 e. The normalized spacial score (nSPS) is 11.0. The lowest BCUT2D eigenvalue weighted by Gasteiger charge is -2.12. The van der Waals surface area contributed by atoms with Gasteiger partial charge >= 0.3 is 0 Å². The third-order valence-electron chi connectivity index (χ3n) is 3.27. The van der Waals surface area contributed by atoms with Crippen LogP contribution in [0.4, 0.5) is 0 Å². The fraction of sp³-hybridized carbons (Fsp3) is 0.176. The Morgan fingerprint density at radius 2 is 1.78 bits per heavy atom. The Hall–Kier alpha value is -3.02. The fourth-order valence-corrected chi connectivity index (χ4v) is 2.05. The quantitative estimate of drug-likeness (QED) is 0.656. The van der Waals surface area contributed by atoms with Gasteiger partial charge in [-0.3, -0.25) is 4.79 Å². The SMILES string of the molecule is COc1ccc(/C(C)=N/NC(=O)c2ccccc2)c(O)c1OC. The Bertz CT molecular complexity index is 727. The number of nitrogens with one attached hydrogen (secondary N) is 1. The number of phenolic OH excluding ortho intramolecular Hbond substituents is 1. The van der Waals surface area contributed by atoms with Crippen molar-refractivity contribution in [2.75, 3.05) is 14.2 Å². The van der Waals surface area contributed by atoms with Gasteiger partial charge in [-0.1, -0.05) is 18.2 Å². The summed E-state index contributed by atoms with van der Waals surface area (Å²) in [5.41, 5.74) is 3.84. The fourth-order valence-electron chi connectivity index (χ4n) is 2.05. The first kappa shape index (κ1) is 16.4. The molecule has 0 spiro atoms. The highest BCUT2D eigenvalue weighted by atomic mass is 16.5. The van der Waals surface area contributed by atoms with E-state index < -0.39 is 0 Å². The van der Waals surface area contributed by atoms with E-state index in [0.717, 1.165) is 0 Å². The maximum absolute atomic E-state index is 12.0. The van der Waals surface area contributed by atoms with Crippen LogP contribution in [0.25, 0.3) is 0 Å². The van der Waals surface area contributed by atoms with Gasteiger partial charge in [0.2, 0.25) is 5.75 Å². The molecule has 0 aliphatic rings. The highest BCUT2D eigenvalue weighted by Crippen LogP contribution is 2.38. The number of benzene rings is 2. The Morgan fingerprint density at radius 1 is 1.09 bits per heavy atom. The minimum absolute atomic E-state index is 0.0953. The van der Waals surface area contributed by atoms with Crippen molar-refractivity contribution < 1.29 is 19.4 Å². The van der Waals surface area contributed by atoms with Crippen molar-refractivity contribution in [1.29, 1.82) is 0 Å². The van der Waals surface area contributed by atoms with Gasteiger partial charge in [-0.05, 0) is 31.2 Å². The molecule has 2 aromatic carbocycles. The molecule has 0 radical (unpaired) electrons. The van der Waals surface area contributed by atoms with Gasteiger partial charge in [0.1, 0.15) is 0 Å². The van der Waals surface area contributed by atoms with Crippen molar-refractivity contribution in [1.82, 2.24) is 5.43 Å². The van der Waals surface area contributed by atoms with Crippen molar-refractivity contribution in [2.24, 2.45) is 5.10 Å². The van der Waals surface area contributed by atoms with Gasteiger partial charge in [0, 0.05) is 11.1 Å². The number of hydrogen-bond acceptors (Lipinski definition) is 5. The summed E-state index contributed by atoms with van der Waals surface area (Å²) in [6.07, 6.45) is 0. The summed E-state index contributed by atoms with van der Waals surface area (Å²) in [5.74, 6) is 0.204. The zero-order valence-corrected chi connectivity index (χ0v) is 13.2. The maximum atomic E-state index is 12.0. The summed E-state index contributed by atoms with van der Waals surface area (Å²) >= 11 is 0. The lowest BCUT2D eigenvalue weighted by molar-refractivity contribution is 0.0955. The van der Waals surface area contributed by atoms with Crippen molar-refractivity contribution in [2.45, 2.75) is 6.92 Å². The van der Waals surface area contributed by atoms with Crippen molar-refractivity contribution in [3.05, 3.63) is 53.6 Å². The molecule has 0 saturated carbocycles. The largest absolute Gasteiger partial charge is 0.504 e. The Kier molecular flexibility index (Phi) is 5.19. The highest BCUT2D eigenvalue weighted by Gasteiger charge is 2.16.